The fraction of sp³-hybridized carbons (Fsp3) is 0.333. The van der Waals surface area contributed by atoms with Crippen LogP contribution in [0.4, 0.5) is 4.39 Å². The molecule has 28 heavy (non-hydrogen) atoms. The van der Waals surface area contributed by atoms with Crippen LogP contribution in [0, 0.1) is 12.7 Å². The SMILES string of the molecule is Cc1nccc(C(=O)N2CCC[C@@H](c3ncc(Cc4ccc(F)cc4)o3)C2)n1. The normalized spacial score (nSPS) is 16.9. The summed E-state index contributed by atoms with van der Waals surface area (Å²) in [6.07, 6.45) is 5.68. The molecule has 3 heterocycles. The van der Waals surface area contributed by atoms with Crippen LogP contribution < -0.4 is 0 Å². The molecule has 0 N–H and O–H groups in total. The number of benzene rings is 1. The van der Waals surface area contributed by atoms with Gasteiger partial charge in [0, 0.05) is 25.7 Å². The Balaban J connectivity index is 1.44. The summed E-state index contributed by atoms with van der Waals surface area (Å²) in [6, 6.07) is 7.99. The monoisotopic (exact) mass is 380 g/mol. The molecule has 1 atom stereocenters. The number of carbonyl (C=O) groups excluding carboxylic acids is 1. The van der Waals surface area contributed by atoms with Gasteiger partial charge in [-0.15, -0.1) is 0 Å². The molecule has 1 fully saturated rings. The zero-order valence-electron chi connectivity index (χ0n) is 15.6. The van der Waals surface area contributed by atoms with Crippen molar-refractivity contribution in [1.82, 2.24) is 19.9 Å². The topological polar surface area (TPSA) is 72.1 Å². The van der Waals surface area contributed by atoms with Crippen LogP contribution >= 0.6 is 0 Å². The Morgan fingerprint density at radius 2 is 2.07 bits per heavy atom. The third-order valence-corrected chi connectivity index (χ3v) is 4.92. The predicted molar refractivity (Wildman–Crippen MR) is 100 cm³/mol. The van der Waals surface area contributed by atoms with Gasteiger partial charge in [0.05, 0.1) is 12.1 Å². The first-order chi connectivity index (χ1) is 13.6. The van der Waals surface area contributed by atoms with E-state index in [0.29, 0.717) is 36.9 Å². The van der Waals surface area contributed by atoms with Gasteiger partial charge in [0.1, 0.15) is 23.1 Å². The van der Waals surface area contributed by atoms with Crippen molar-refractivity contribution in [2.24, 2.45) is 0 Å². The zero-order valence-corrected chi connectivity index (χ0v) is 15.6. The lowest BCUT2D eigenvalue weighted by atomic mass is 9.97. The van der Waals surface area contributed by atoms with E-state index < -0.39 is 0 Å². The second kappa shape index (κ2) is 7.88. The quantitative estimate of drug-likeness (QED) is 0.692. The Kier molecular flexibility index (Phi) is 5.14. The highest BCUT2D eigenvalue weighted by Crippen LogP contribution is 2.28. The molecule has 2 aromatic heterocycles. The van der Waals surface area contributed by atoms with Gasteiger partial charge in [0.2, 0.25) is 0 Å². The summed E-state index contributed by atoms with van der Waals surface area (Å²) >= 11 is 0. The summed E-state index contributed by atoms with van der Waals surface area (Å²) in [5.74, 6) is 1.67. The van der Waals surface area contributed by atoms with Crippen LogP contribution in [0.25, 0.3) is 0 Å². The number of hydrogen-bond donors (Lipinski definition) is 0. The van der Waals surface area contributed by atoms with Gasteiger partial charge in [-0.2, -0.15) is 0 Å². The first kappa shape index (κ1) is 18.3. The lowest BCUT2D eigenvalue weighted by Gasteiger charge is -2.31. The van der Waals surface area contributed by atoms with Crippen molar-refractivity contribution >= 4 is 5.91 Å². The van der Waals surface area contributed by atoms with Crippen molar-refractivity contribution in [3.05, 3.63) is 77.3 Å². The molecule has 1 aliphatic rings. The molecule has 0 radical (unpaired) electrons. The maximum atomic E-state index is 13.0. The number of hydrogen-bond acceptors (Lipinski definition) is 5. The maximum Gasteiger partial charge on any atom is 0.272 e. The first-order valence-electron chi connectivity index (χ1n) is 9.36. The summed E-state index contributed by atoms with van der Waals surface area (Å²) < 4.78 is 19.0. The number of carbonyl (C=O) groups is 1. The van der Waals surface area contributed by atoms with Crippen molar-refractivity contribution in [3.63, 3.8) is 0 Å². The second-order valence-corrected chi connectivity index (χ2v) is 7.05. The number of aromatic nitrogens is 3. The average Bonchev–Trinajstić information content (AvgIpc) is 3.18. The highest BCUT2D eigenvalue weighted by Gasteiger charge is 2.29. The molecule has 6 nitrogen and oxygen atoms in total. The molecule has 1 aliphatic heterocycles. The number of oxazole rings is 1. The number of piperidine rings is 1. The van der Waals surface area contributed by atoms with Crippen LogP contribution in [0.5, 0.6) is 0 Å². The van der Waals surface area contributed by atoms with Gasteiger partial charge < -0.3 is 9.32 Å². The van der Waals surface area contributed by atoms with Crippen molar-refractivity contribution < 1.29 is 13.6 Å². The van der Waals surface area contributed by atoms with Gasteiger partial charge >= 0.3 is 0 Å². The number of nitrogens with zero attached hydrogens (tertiary/aromatic N) is 4. The van der Waals surface area contributed by atoms with Crippen molar-refractivity contribution in [3.8, 4) is 0 Å². The number of aryl methyl sites for hydroxylation is 1. The van der Waals surface area contributed by atoms with E-state index in [1.807, 2.05) is 0 Å². The summed E-state index contributed by atoms with van der Waals surface area (Å²) in [7, 11) is 0. The summed E-state index contributed by atoms with van der Waals surface area (Å²) in [5.41, 5.74) is 1.38. The van der Waals surface area contributed by atoms with Crippen molar-refractivity contribution in [2.75, 3.05) is 13.1 Å². The second-order valence-electron chi connectivity index (χ2n) is 7.05. The highest BCUT2D eigenvalue weighted by atomic mass is 19.1. The van der Waals surface area contributed by atoms with E-state index in [1.165, 1.54) is 12.1 Å². The highest BCUT2D eigenvalue weighted by molar-refractivity contribution is 5.92. The Bertz CT molecular complexity index is 971. The zero-order chi connectivity index (χ0) is 19.5. The molecule has 144 valence electrons. The molecule has 0 saturated carbocycles. The Labute approximate surface area is 162 Å². The molecule has 0 bridgehead atoms. The fourth-order valence-corrected chi connectivity index (χ4v) is 3.50. The lowest BCUT2D eigenvalue weighted by molar-refractivity contribution is 0.0691. The minimum atomic E-state index is -0.257. The first-order valence-corrected chi connectivity index (χ1v) is 9.36. The molecular weight excluding hydrogens is 359 g/mol. The van der Waals surface area contributed by atoms with Crippen LogP contribution in [0.1, 0.15) is 52.3 Å². The molecule has 0 aliphatic carbocycles. The van der Waals surface area contributed by atoms with E-state index in [-0.39, 0.29) is 17.6 Å². The predicted octanol–water partition coefficient (Wildman–Crippen LogP) is 3.52. The van der Waals surface area contributed by atoms with Gasteiger partial charge in [-0.05, 0) is 43.5 Å². The molecule has 4 rings (SSSR count). The van der Waals surface area contributed by atoms with Crippen LogP contribution in [0.2, 0.25) is 0 Å². The minimum Gasteiger partial charge on any atom is -0.445 e. The summed E-state index contributed by atoms with van der Waals surface area (Å²) in [6.45, 7) is 3.02. The van der Waals surface area contributed by atoms with Gasteiger partial charge in [-0.1, -0.05) is 12.1 Å². The van der Waals surface area contributed by atoms with Gasteiger partial charge in [0.15, 0.2) is 5.89 Å². The Hall–Kier alpha value is -3.09. The fourth-order valence-electron chi connectivity index (χ4n) is 3.50. The number of amides is 1. The van der Waals surface area contributed by atoms with E-state index in [1.54, 1.807) is 42.4 Å². The standard InChI is InChI=1S/C21H21FN4O2/c1-14-23-9-8-19(25-14)21(27)26-10-2-3-16(13-26)20-24-12-18(28-20)11-15-4-6-17(22)7-5-15/h4-9,12,16H,2-3,10-11,13H2,1H3/t16-/m1/s1. The molecule has 7 heteroatoms. The minimum absolute atomic E-state index is 0.0580. The molecule has 1 saturated heterocycles. The van der Waals surface area contributed by atoms with Crippen molar-refractivity contribution in [1.29, 1.82) is 0 Å². The van der Waals surface area contributed by atoms with Gasteiger partial charge in [-0.25, -0.2) is 19.3 Å². The third-order valence-electron chi connectivity index (χ3n) is 4.92. The van der Waals surface area contributed by atoms with E-state index in [2.05, 4.69) is 15.0 Å². The van der Waals surface area contributed by atoms with Gasteiger partial charge in [-0.3, -0.25) is 4.79 Å². The van der Waals surface area contributed by atoms with Crippen LogP contribution in [-0.2, 0) is 6.42 Å². The smallest absolute Gasteiger partial charge is 0.272 e. The molecule has 1 aromatic carbocycles. The lowest BCUT2D eigenvalue weighted by Crippen LogP contribution is -2.39. The summed E-state index contributed by atoms with van der Waals surface area (Å²) in [4.78, 5) is 27.3. The van der Waals surface area contributed by atoms with E-state index >= 15 is 0 Å². The average molecular weight is 380 g/mol. The van der Waals surface area contributed by atoms with E-state index in [0.717, 1.165) is 24.2 Å². The molecule has 1 amide bonds. The molecular formula is C21H21FN4O2. The maximum absolute atomic E-state index is 13.0. The van der Waals surface area contributed by atoms with Gasteiger partial charge in [0.25, 0.3) is 5.91 Å². The summed E-state index contributed by atoms with van der Waals surface area (Å²) in [5, 5.41) is 0. The molecule has 3 aromatic rings. The number of halogens is 1. The number of likely N-dealkylation sites (tertiary alicyclic amines) is 1. The molecule has 0 unspecified atom stereocenters. The van der Waals surface area contributed by atoms with E-state index in [9.17, 15) is 9.18 Å². The van der Waals surface area contributed by atoms with Crippen LogP contribution in [0.15, 0.2) is 47.1 Å². The van der Waals surface area contributed by atoms with Crippen LogP contribution in [0.3, 0.4) is 0 Å². The third kappa shape index (κ3) is 4.08. The van der Waals surface area contributed by atoms with E-state index in [4.69, 9.17) is 4.42 Å². The number of rotatable bonds is 4. The van der Waals surface area contributed by atoms with Crippen LogP contribution in [-0.4, -0.2) is 38.8 Å². The van der Waals surface area contributed by atoms with Crippen molar-refractivity contribution in [2.45, 2.75) is 32.1 Å². The Morgan fingerprint density at radius 1 is 1.25 bits per heavy atom. The Morgan fingerprint density at radius 3 is 2.86 bits per heavy atom. The molecule has 0 spiro atoms. The largest absolute Gasteiger partial charge is 0.445 e.